The number of pyridine rings is 1. The molecule has 4 aromatic rings. The quantitative estimate of drug-likeness (QED) is 0.144. The minimum Gasteiger partial charge on any atom is -0.618 e. The molecule has 0 fully saturated rings. The van der Waals surface area contributed by atoms with E-state index in [1.807, 2.05) is 24.3 Å². The van der Waals surface area contributed by atoms with Gasteiger partial charge in [0.2, 0.25) is 5.91 Å². The van der Waals surface area contributed by atoms with Crippen molar-refractivity contribution < 1.29 is 27.8 Å². The third kappa shape index (κ3) is 6.21. The van der Waals surface area contributed by atoms with Crippen molar-refractivity contribution in [3.63, 3.8) is 0 Å². The third-order valence-corrected chi connectivity index (χ3v) is 7.49. The number of nitrogens with zero attached hydrogens (tertiary/aromatic N) is 1. The van der Waals surface area contributed by atoms with Crippen LogP contribution in [0.4, 0.5) is 25.0 Å². The summed E-state index contributed by atoms with van der Waals surface area (Å²) in [7, 11) is 0. The van der Waals surface area contributed by atoms with Crippen LogP contribution in [0.2, 0.25) is 5.02 Å². The van der Waals surface area contributed by atoms with Gasteiger partial charge in [0.15, 0.2) is 17.7 Å². The monoisotopic (exact) mass is 591 g/mol. The molecule has 42 heavy (non-hydrogen) atoms. The lowest BCUT2D eigenvalue weighted by molar-refractivity contribution is -0.614. The molecule has 3 aromatic carbocycles. The molecular weight excluding hydrogens is 564 g/mol. The van der Waals surface area contributed by atoms with Crippen molar-refractivity contribution in [1.82, 2.24) is 0 Å². The summed E-state index contributed by atoms with van der Waals surface area (Å²) >= 11 is 5.86. The Morgan fingerprint density at radius 2 is 1.93 bits per heavy atom. The maximum Gasteiger partial charge on any atom is 0.411 e. The van der Waals surface area contributed by atoms with Crippen LogP contribution in [0.15, 0.2) is 72.9 Å². The minimum absolute atomic E-state index is 0.0750. The van der Waals surface area contributed by atoms with Crippen LogP contribution < -0.4 is 15.4 Å². The molecule has 2 bridgehead atoms. The molecule has 1 aromatic heterocycles. The van der Waals surface area contributed by atoms with E-state index in [-0.39, 0.29) is 41.0 Å². The number of aromatic nitrogens is 1. The zero-order chi connectivity index (χ0) is 29.8. The van der Waals surface area contributed by atoms with Gasteiger partial charge < -0.3 is 15.3 Å². The Morgan fingerprint density at radius 3 is 2.71 bits per heavy atom. The average molecular weight is 592 g/mol. The van der Waals surface area contributed by atoms with Gasteiger partial charge in [-0.15, -0.1) is 0 Å². The van der Waals surface area contributed by atoms with Gasteiger partial charge in [0, 0.05) is 23.7 Å². The molecule has 7 nitrogen and oxygen atoms in total. The Morgan fingerprint density at radius 1 is 1.10 bits per heavy atom. The van der Waals surface area contributed by atoms with Crippen LogP contribution in [0.5, 0.6) is 0 Å². The smallest absolute Gasteiger partial charge is 0.411 e. The van der Waals surface area contributed by atoms with E-state index >= 15 is 0 Å². The Hall–Kier alpha value is -4.50. The fourth-order valence-corrected chi connectivity index (χ4v) is 5.38. The van der Waals surface area contributed by atoms with Crippen LogP contribution in [0.1, 0.15) is 49.8 Å². The topological polar surface area (TPSA) is 94.4 Å². The normalized spacial score (nSPS) is 15.0. The van der Waals surface area contributed by atoms with Crippen molar-refractivity contribution in [1.29, 1.82) is 0 Å². The maximum atomic E-state index is 14.7. The number of fused-ring (bicyclic) bond motifs is 4. The first-order valence-electron chi connectivity index (χ1n) is 13.6. The largest absolute Gasteiger partial charge is 0.618 e. The first-order chi connectivity index (χ1) is 20.2. The van der Waals surface area contributed by atoms with Gasteiger partial charge in [-0.3, -0.25) is 10.1 Å². The van der Waals surface area contributed by atoms with E-state index in [9.17, 15) is 23.6 Å². The molecule has 0 spiro atoms. The molecule has 0 aliphatic carbocycles. The predicted octanol–water partition coefficient (Wildman–Crippen LogP) is 7.80. The minimum atomic E-state index is -0.930. The molecule has 2 N–H and O–H groups in total. The van der Waals surface area contributed by atoms with Crippen molar-refractivity contribution in [2.45, 2.75) is 38.5 Å². The summed E-state index contributed by atoms with van der Waals surface area (Å²) in [6, 6.07) is 18.1. The summed E-state index contributed by atoms with van der Waals surface area (Å²) in [5.74, 6) is -2.27. The molecule has 0 radical (unpaired) electrons. The van der Waals surface area contributed by atoms with E-state index in [4.69, 9.17) is 16.3 Å². The highest BCUT2D eigenvalue weighted by atomic mass is 35.5. The highest BCUT2D eigenvalue weighted by molar-refractivity contribution is 6.31. The first kappa shape index (κ1) is 29.0. The van der Waals surface area contributed by atoms with Crippen molar-refractivity contribution in [3.05, 3.63) is 106 Å². The summed E-state index contributed by atoms with van der Waals surface area (Å²) in [6.07, 6.45) is 2.63. The molecule has 0 unspecified atom stereocenters. The summed E-state index contributed by atoms with van der Waals surface area (Å²) < 4.78 is 34.8. The lowest BCUT2D eigenvalue weighted by Gasteiger charge is -2.20. The van der Waals surface area contributed by atoms with Crippen LogP contribution in [-0.2, 0) is 9.53 Å². The van der Waals surface area contributed by atoms with Crippen molar-refractivity contribution in [2.75, 3.05) is 17.2 Å². The van der Waals surface area contributed by atoms with Crippen molar-refractivity contribution in [2.24, 2.45) is 0 Å². The number of halogens is 3. The van der Waals surface area contributed by atoms with Crippen LogP contribution >= 0.6 is 11.6 Å². The number of benzene rings is 3. The Bertz CT molecular complexity index is 1660. The highest BCUT2D eigenvalue weighted by Crippen LogP contribution is 2.37. The Labute approximate surface area is 246 Å². The number of hydrogen-bond acceptors (Lipinski definition) is 4. The molecule has 216 valence electrons. The fourth-order valence-electron chi connectivity index (χ4n) is 5.22. The second-order valence-corrected chi connectivity index (χ2v) is 10.4. The molecule has 0 saturated carbocycles. The van der Waals surface area contributed by atoms with Gasteiger partial charge in [0.25, 0.3) is 0 Å². The van der Waals surface area contributed by atoms with Gasteiger partial charge in [0.1, 0.15) is 5.82 Å². The van der Waals surface area contributed by atoms with E-state index in [0.717, 1.165) is 35.0 Å². The zero-order valence-electron chi connectivity index (χ0n) is 22.8. The molecule has 10 heteroatoms. The van der Waals surface area contributed by atoms with Crippen LogP contribution in [0.3, 0.4) is 0 Å². The summed E-state index contributed by atoms with van der Waals surface area (Å²) in [6.45, 7) is 1.93. The van der Waals surface area contributed by atoms with Gasteiger partial charge in [-0.25, -0.2) is 13.6 Å². The SMILES string of the molecule is CCOC(=O)Nc1ccc2c(c1)NC(=O)CCCC[C@H](c1ccc(-c3c(F)ccc(Cl)c3F)c[n+]1[O-])c1cccc-2c1. The van der Waals surface area contributed by atoms with Gasteiger partial charge >= 0.3 is 6.09 Å². The second kappa shape index (κ2) is 12.6. The highest BCUT2D eigenvalue weighted by Gasteiger charge is 2.25. The lowest BCUT2D eigenvalue weighted by atomic mass is 9.87. The molecule has 5 rings (SSSR count). The summed E-state index contributed by atoms with van der Waals surface area (Å²) in [5, 5.41) is 18.7. The van der Waals surface area contributed by atoms with E-state index in [1.54, 1.807) is 31.2 Å². The number of hydrogen-bond donors (Lipinski definition) is 2. The van der Waals surface area contributed by atoms with Gasteiger partial charge in [0.05, 0.1) is 34.4 Å². The Kier molecular flexibility index (Phi) is 8.68. The molecular formula is C32H28ClF2N3O4. The maximum absolute atomic E-state index is 14.7. The molecule has 1 atom stereocenters. The molecule has 1 aliphatic heterocycles. The van der Waals surface area contributed by atoms with E-state index in [0.29, 0.717) is 41.1 Å². The average Bonchev–Trinajstić information content (AvgIpc) is 2.96. The second-order valence-electron chi connectivity index (χ2n) is 9.96. The fraction of sp³-hybridized carbons (Fsp3) is 0.219. The van der Waals surface area contributed by atoms with E-state index < -0.39 is 17.7 Å². The number of amides is 2. The van der Waals surface area contributed by atoms with E-state index in [1.165, 1.54) is 6.07 Å². The third-order valence-electron chi connectivity index (χ3n) is 7.20. The van der Waals surface area contributed by atoms with Crippen molar-refractivity contribution in [3.8, 4) is 22.3 Å². The van der Waals surface area contributed by atoms with Crippen LogP contribution in [0, 0.1) is 16.8 Å². The number of carbonyl (C=O) groups is 2. The summed E-state index contributed by atoms with van der Waals surface area (Å²) in [4.78, 5) is 24.8. The molecule has 1 aliphatic rings. The first-order valence-corrected chi connectivity index (χ1v) is 14.0. The number of rotatable bonds is 4. The zero-order valence-corrected chi connectivity index (χ0v) is 23.5. The molecule has 0 saturated heterocycles. The number of carbonyl (C=O) groups excluding carboxylic acids is 2. The number of ether oxygens (including phenoxy) is 1. The molecule has 2 amide bonds. The number of anilines is 2. The van der Waals surface area contributed by atoms with E-state index in [2.05, 4.69) is 10.6 Å². The van der Waals surface area contributed by atoms with Gasteiger partial charge in [-0.05, 0) is 61.2 Å². The van der Waals surface area contributed by atoms with Crippen molar-refractivity contribution >= 4 is 35.0 Å². The number of nitrogens with one attached hydrogen (secondary N) is 2. The molecule has 2 heterocycles. The predicted molar refractivity (Wildman–Crippen MR) is 157 cm³/mol. The standard InChI is InChI=1S/C32H28ClF2N3O4/c1-2-42-32(40)36-22-11-12-23-19-6-5-7-20(16-19)24(8-3-4-9-29(39)37-27(23)17-22)28-15-10-21(18-38(28)41)30-26(34)14-13-25(33)31(30)35/h5-7,10-18,24H,2-4,8-9H2,1H3,(H,36,40)(H,37,39)/t24-/m0/s1. The van der Waals surface area contributed by atoms with Crippen LogP contribution in [0.25, 0.3) is 22.3 Å². The van der Waals surface area contributed by atoms with Crippen LogP contribution in [-0.4, -0.2) is 18.6 Å². The Balaban J connectivity index is 1.55. The van der Waals surface area contributed by atoms with Gasteiger partial charge in [-0.2, -0.15) is 4.73 Å². The van der Waals surface area contributed by atoms with Gasteiger partial charge in [-0.1, -0.05) is 48.4 Å². The summed E-state index contributed by atoms with van der Waals surface area (Å²) in [5.41, 5.74) is 3.52. The lowest BCUT2D eigenvalue weighted by Crippen LogP contribution is -2.33.